The summed E-state index contributed by atoms with van der Waals surface area (Å²) in [7, 11) is 1.51. The average Bonchev–Trinajstić information content (AvgIpc) is 3.15. The molecule has 1 saturated carbocycles. The van der Waals surface area contributed by atoms with Crippen LogP contribution in [0.3, 0.4) is 0 Å². The molecule has 7 nitrogen and oxygen atoms in total. The highest BCUT2D eigenvalue weighted by atomic mass is 32.2. The topological polar surface area (TPSA) is 77.1 Å². The Morgan fingerprint density at radius 2 is 1.91 bits per heavy atom. The lowest BCUT2D eigenvalue weighted by Gasteiger charge is -2.39. The number of carbonyl (C=O) groups excluding carboxylic acids is 2. The van der Waals surface area contributed by atoms with Crippen LogP contribution in [0.4, 0.5) is 10.5 Å². The van der Waals surface area contributed by atoms with E-state index in [0.29, 0.717) is 16.6 Å². The summed E-state index contributed by atoms with van der Waals surface area (Å²) >= 11 is 1.53. The van der Waals surface area contributed by atoms with Gasteiger partial charge in [0.05, 0.1) is 18.6 Å². The summed E-state index contributed by atoms with van der Waals surface area (Å²) in [4.78, 5) is 28.1. The second-order valence-corrected chi connectivity index (χ2v) is 9.85. The molecule has 186 valence electrons. The van der Waals surface area contributed by atoms with Gasteiger partial charge in [-0.25, -0.2) is 4.79 Å². The molecule has 1 heterocycles. The first-order valence-electron chi connectivity index (χ1n) is 12.1. The molecule has 0 spiro atoms. The number of hydrogen-bond donors (Lipinski definition) is 1. The number of thioether (sulfide) groups is 1. The van der Waals surface area contributed by atoms with E-state index >= 15 is 0 Å². The number of ether oxygens (including phenoxy) is 3. The number of carbonyl (C=O) groups is 2. The van der Waals surface area contributed by atoms with Crippen molar-refractivity contribution in [3.8, 4) is 11.5 Å². The van der Waals surface area contributed by atoms with E-state index in [1.807, 2.05) is 41.3 Å². The molecule has 3 atom stereocenters. The SMILES string of the molecule is CCOC(=O)Oc1ccc(/C=C2\SC(Nc3ccccc3)N([C@@H]3CCCC[C@H]3C)C2=O)cc1OC. The first-order chi connectivity index (χ1) is 17.0. The summed E-state index contributed by atoms with van der Waals surface area (Å²) in [5.74, 6) is 1.14. The minimum absolute atomic E-state index is 0.0352. The Balaban J connectivity index is 1.60. The molecular weight excluding hydrogens is 464 g/mol. The zero-order chi connectivity index (χ0) is 24.8. The molecule has 1 N–H and O–H groups in total. The second-order valence-electron chi connectivity index (χ2n) is 8.73. The Morgan fingerprint density at radius 1 is 1.14 bits per heavy atom. The lowest BCUT2D eigenvalue weighted by Crippen LogP contribution is -2.48. The number of rotatable bonds is 7. The fourth-order valence-corrected chi connectivity index (χ4v) is 5.83. The highest BCUT2D eigenvalue weighted by Crippen LogP contribution is 2.42. The van der Waals surface area contributed by atoms with Gasteiger partial charge in [-0.05, 0) is 61.6 Å². The number of amides is 1. The summed E-state index contributed by atoms with van der Waals surface area (Å²) in [5, 5.41) is 3.55. The molecule has 2 aromatic carbocycles. The van der Waals surface area contributed by atoms with E-state index in [9.17, 15) is 9.59 Å². The summed E-state index contributed by atoms with van der Waals surface area (Å²) in [6.45, 7) is 4.18. The van der Waals surface area contributed by atoms with Crippen molar-refractivity contribution in [2.75, 3.05) is 19.0 Å². The molecule has 4 rings (SSSR count). The normalized spacial score (nSPS) is 23.3. The maximum atomic E-state index is 13.7. The molecule has 1 saturated heterocycles. The molecule has 2 aromatic rings. The number of anilines is 1. The van der Waals surface area contributed by atoms with Crippen LogP contribution in [-0.4, -0.2) is 42.2 Å². The number of benzene rings is 2. The third-order valence-electron chi connectivity index (χ3n) is 6.36. The number of hydrogen-bond acceptors (Lipinski definition) is 7. The lowest BCUT2D eigenvalue weighted by atomic mass is 9.85. The van der Waals surface area contributed by atoms with Crippen LogP contribution in [0.5, 0.6) is 11.5 Å². The molecule has 1 aliphatic carbocycles. The van der Waals surface area contributed by atoms with Crippen molar-refractivity contribution in [2.45, 2.75) is 51.1 Å². The van der Waals surface area contributed by atoms with Crippen LogP contribution in [0.15, 0.2) is 53.4 Å². The van der Waals surface area contributed by atoms with Crippen molar-refractivity contribution in [3.05, 3.63) is 59.0 Å². The molecule has 35 heavy (non-hydrogen) atoms. The fourth-order valence-electron chi connectivity index (χ4n) is 4.61. The highest BCUT2D eigenvalue weighted by molar-refractivity contribution is 8.05. The van der Waals surface area contributed by atoms with Crippen molar-refractivity contribution in [1.29, 1.82) is 0 Å². The third-order valence-corrected chi connectivity index (χ3v) is 7.48. The summed E-state index contributed by atoms with van der Waals surface area (Å²) in [6.07, 6.45) is 5.59. The summed E-state index contributed by atoms with van der Waals surface area (Å²) < 4.78 is 15.5. The van der Waals surface area contributed by atoms with Gasteiger partial charge in [-0.1, -0.05) is 55.8 Å². The van der Waals surface area contributed by atoms with Crippen LogP contribution in [0.25, 0.3) is 6.08 Å². The van der Waals surface area contributed by atoms with E-state index in [0.717, 1.165) is 30.5 Å². The molecule has 1 amide bonds. The highest BCUT2D eigenvalue weighted by Gasteiger charge is 2.42. The molecular formula is C27H32N2O5S. The zero-order valence-electron chi connectivity index (χ0n) is 20.4. The number of methoxy groups -OCH3 is 1. The summed E-state index contributed by atoms with van der Waals surface area (Å²) in [5.41, 5.74) is 1.58. The van der Waals surface area contributed by atoms with E-state index in [-0.39, 0.29) is 29.8 Å². The van der Waals surface area contributed by atoms with Crippen molar-refractivity contribution in [1.82, 2.24) is 4.90 Å². The van der Waals surface area contributed by atoms with E-state index in [2.05, 4.69) is 12.2 Å². The molecule has 2 fully saturated rings. The maximum absolute atomic E-state index is 13.7. The standard InChI is InChI=1S/C27H32N2O5S/c1-4-33-27(31)34-22-15-14-19(16-23(22)32-3)17-24-25(30)29(21-13-9-8-10-18(21)2)26(35-24)28-20-11-6-5-7-12-20/h5-7,11-12,14-18,21,26,28H,4,8-10,13H2,1-3H3/b24-17-/t18-,21-,26?/m1/s1. The third kappa shape index (κ3) is 5.93. The van der Waals surface area contributed by atoms with E-state index in [4.69, 9.17) is 14.2 Å². The van der Waals surface area contributed by atoms with Crippen LogP contribution in [0.2, 0.25) is 0 Å². The van der Waals surface area contributed by atoms with Crippen LogP contribution >= 0.6 is 11.8 Å². The van der Waals surface area contributed by atoms with Crippen LogP contribution < -0.4 is 14.8 Å². The van der Waals surface area contributed by atoms with Gasteiger partial charge in [0.1, 0.15) is 0 Å². The van der Waals surface area contributed by atoms with Gasteiger partial charge in [0, 0.05) is 11.7 Å². The predicted octanol–water partition coefficient (Wildman–Crippen LogP) is 6.12. The van der Waals surface area contributed by atoms with Crippen LogP contribution in [0, 0.1) is 5.92 Å². The number of para-hydroxylation sites is 1. The molecule has 0 aromatic heterocycles. The van der Waals surface area contributed by atoms with Gasteiger partial charge in [0.25, 0.3) is 5.91 Å². The van der Waals surface area contributed by atoms with Gasteiger partial charge in [0.2, 0.25) is 0 Å². The molecule has 0 radical (unpaired) electrons. The maximum Gasteiger partial charge on any atom is 0.513 e. The Morgan fingerprint density at radius 3 is 2.63 bits per heavy atom. The van der Waals surface area contributed by atoms with Crippen molar-refractivity contribution in [2.24, 2.45) is 5.92 Å². The second kappa shape index (κ2) is 11.5. The lowest BCUT2D eigenvalue weighted by molar-refractivity contribution is -0.129. The monoisotopic (exact) mass is 496 g/mol. The first kappa shape index (κ1) is 25.0. The first-order valence-corrected chi connectivity index (χ1v) is 12.9. The number of nitrogens with zero attached hydrogens (tertiary/aromatic N) is 1. The average molecular weight is 497 g/mol. The molecule has 8 heteroatoms. The van der Waals surface area contributed by atoms with Crippen molar-refractivity contribution < 1.29 is 23.8 Å². The minimum atomic E-state index is -0.787. The molecule has 0 bridgehead atoms. The number of nitrogens with one attached hydrogen (secondary N) is 1. The van der Waals surface area contributed by atoms with Crippen LogP contribution in [0.1, 0.15) is 45.1 Å². The molecule has 2 aliphatic rings. The van der Waals surface area contributed by atoms with Gasteiger partial charge in [-0.3, -0.25) is 4.79 Å². The van der Waals surface area contributed by atoms with Gasteiger partial charge in [0.15, 0.2) is 17.0 Å². The van der Waals surface area contributed by atoms with Gasteiger partial charge >= 0.3 is 6.16 Å². The Bertz CT molecular complexity index is 1070. The van der Waals surface area contributed by atoms with Crippen molar-refractivity contribution in [3.63, 3.8) is 0 Å². The van der Waals surface area contributed by atoms with Gasteiger partial charge < -0.3 is 24.4 Å². The van der Waals surface area contributed by atoms with Crippen LogP contribution in [-0.2, 0) is 9.53 Å². The van der Waals surface area contributed by atoms with E-state index < -0.39 is 6.16 Å². The minimum Gasteiger partial charge on any atom is -0.493 e. The zero-order valence-corrected chi connectivity index (χ0v) is 21.2. The Kier molecular flexibility index (Phi) is 8.23. The predicted molar refractivity (Wildman–Crippen MR) is 138 cm³/mol. The quantitative estimate of drug-likeness (QED) is 0.281. The van der Waals surface area contributed by atoms with E-state index in [1.54, 1.807) is 25.1 Å². The molecule has 1 unspecified atom stereocenters. The fraction of sp³-hybridized carbons (Fsp3) is 0.407. The Labute approximate surface area is 210 Å². The van der Waals surface area contributed by atoms with Gasteiger partial charge in [-0.15, -0.1) is 0 Å². The van der Waals surface area contributed by atoms with Gasteiger partial charge in [-0.2, -0.15) is 0 Å². The largest absolute Gasteiger partial charge is 0.513 e. The Hall–Kier alpha value is -3.13. The van der Waals surface area contributed by atoms with E-state index in [1.165, 1.54) is 25.3 Å². The summed E-state index contributed by atoms with van der Waals surface area (Å²) in [6, 6.07) is 15.4. The smallest absolute Gasteiger partial charge is 0.493 e. The molecule has 1 aliphatic heterocycles. The van der Waals surface area contributed by atoms with Crippen molar-refractivity contribution >= 4 is 35.6 Å².